The molecular weight excluding hydrogens is 424 g/mol. The molecule has 0 aliphatic rings. The van der Waals surface area contributed by atoms with Gasteiger partial charge in [0, 0.05) is 22.8 Å². The van der Waals surface area contributed by atoms with Gasteiger partial charge in [0.15, 0.2) is 10.9 Å². The minimum absolute atomic E-state index is 0.0182. The lowest BCUT2D eigenvalue weighted by atomic mass is 10.1. The molecule has 0 atom stereocenters. The molecule has 0 aliphatic heterocycles. The van der Waals surface area contributed by atoms with Crippen LogP contribution in [0.1, 0.15) is 21.7 Å². The number of hydrogen-bond donors (Lipinski definition) is 1. The van der Waals surface area contributed by atoms with Crippen molar-refractivity contribution < 1.29 is 18.3 Å². The number of amides is 1. The van der Waals surface area contributed by atoms with Crippen LogP contribution in [0, 0.1) is 13.8 Å². The molecule has 0 aliphatic carbocycles. The number of hydrogen-bond acceptors (Lipinski definition) is 6. The fourth-order valence-corrected chi connectivity index (χ4v) is 3.71. The molecule has 0 radical (unpaired) electrons. The van der Waals surface area contributed by atoms with Gasteiger partial charge in [-0.15, -0.1) is 11.3 Å². The second-order valence-electron chi connectivity index (χ2n) is 6.61. The highest BCUT2D eigenvalue weighted by Gasteiger charge is 2.15. The van der Waals surface area contributed by atoms with Gasteiger partial charge in [-0.1, -0.05) is 12.1 Å². The van der Waals surface area contributed by atoms with Crippen LogP contribution in [-0.2, 0) is 0 Å². The van der Waals surface area contributed by atoms with Crippen molar-refractivity contribution in [2.75, 3.05) is 5.32 Å². The lowest BCUT2D eigenvalue weighted by Gasteiger charge is -2.08. The minimum Gasteiger partial charge on any atom is -0.434 e. The topological polar surface area (TPSA) is 81.9 Å². The number of ether oxygens (including phenoxy) is 1. The number of nitrogens with zero attached hydrogens (tertiary/aromatic N) is 4. The van der Waals surface area contributed by atoms with Crippen molar-refractivity contribution in [1.29, 1.82) is 0 Å². The van der Waals surface area contributed by atoms with Gasteiger partial charge in [-0.2, -0.15) is 13.9 Å². The van der Waals surface area contributed by atoms with Crippen LogP contribution < -0.4 is 10.1 Å². The maximum Gasteiger partial charge on any atom is 0.387 e. The smallest absolute Gasteiger partial charge is 0.387 e. The largest absolute Gasteiger partial charge is 0.434 e. The number of para-hydroxylation sites is 1. The Morgan fingerprint density at radius 1 is 1.19 bits per heavy atom. The van der Waals surface area contributed by atoms with Gasteiger partial charge in [0.2, 0.25) is 0 Å². The van der Waals surface area contributed by atoms with Crippen molar-refractivity contribution in [3.8, 4) is 22.8 Å². The van der Waals surface area contributed by atoms with Crippen LogP contribution in [0.5, 0.6) is 5.75 Å². The molecule has 4 aromatic rings. The molecule has 3 heterocycles. The number of pyridine rings is 1. The highest BCUT2D eigenvalue weighted by molar-refractivity contribution is 7.14. The van der Waals surface area contributed by atoms with E-state index in [0.717, 1.165) is 11.4 Å². The Kier molecular flexibility index (Phi) is 5.72. The van der Waals surface area contributed by atoms with Gasteiger partial charge in [-0.25, -0.2) is 14.6 Å². The molecule has 1 amide bonds. The molecule has 158 valence electrons. The van der Waals surface area contributed by atoms with Gasteiger partial charge in [0.05, 0.1) is 17.0 Å². The highest BCUT2D eigenvalue weighted by atomic mass is 32.1. The third-order valence-corrected chi connectivity index (χ3v) is 5.10. The predicted octanol–water partition coefficient (Wildman–Crippen LogP) is 4.86. The second-order valence-corrected chi connectivity index (χ2v) is 7.47. The van der Waals surface area contributed by atoms with E-state index >= 15 is 0 Å². The Morgan fingerprint density at radius 3 is 2.68 bits per heavy atom. The molecule has 3 aromatic heterocycles. The molecule has 1 N–H and O–H groups in total. The number of alkyl halides is 2. The van der Waals surface area contributed by atoms with Crippen LogP contribution >= 0.6 is 11.3 Å². The average molecular weight is 441 g/mol. The van der Waals surface area contributed by atoms with E-state index in [1.54, 1.807) is 40.4 Å². The zero-order valence-electron chi connectivity index (χ0n) is 16.5. The zero-order chi connectivity index (χ0) is 22.0. The summed E-state index contributed by atoms with van der Waals surface area (Å²) in [5.41, 5.74) is 3.00. The lowest BCUT2D eigenvalue weighted by Crippen LogP contribution is -2.12. The van der Waals surface area contributed by atoms with E-state index in [1.807, 2.05) is 19.9 Å². The number of thiazole rings is 1. The summed E-state index contributed by atoms with van der Waals surface area (Å²) in [5.74, 6) is 0.240. The first kappa shape index (κ1) is 20.6. The molecule has 31 heavy (non-hydrogen) atoms. The Labute approximate surface area is 180 Å². The van der Waals surface area contributed by atoms with Gasteiger partial charge >= 0.3 is 6.61 Å². The first-order chi connectivity index (χ1) is 14.9. The first-order valence-electron chi connectivity index (χ1n) is 9.21. The summed E-state index contributed by atoms with van der Waals surface area (Å²) in [5, 5.41) is 9.06. The van der Waals surface area contributed by atoms with E-state index < -0.39 is 6.61 Å². The van der Waals surface area contributed by atoms with Crippen molar-refractivity contribution in [3.05, 3.63) is 71.0 Å². The quantitative estimate of drug-likeness (QED) is 0.462. The number of halogens is 2. The summed E-state index contributed by atoms with van der Waals surface area (Å²) in [4.78, 5) is 21.2. The molecule has 4 rings (SSSR count). The number of carbonyl (C=O) groups excluding carboxylic acids is 1. The summed E-state index contributed by atoms with van der Waals surface area (Å²) in [6.07, 6.45) is 1.46. The molecule has 0 unspecified atom stereocenters. The fraction of sp³-hybridized carbons (Fsp3) is 0.143. The van der Waals surface area contributed by atoms with Crippen LogP contribution in [-0.4, -0.2) is 32.3 Å². The molecule has 10 heteroatoms. The number of aromatic nitrogens is 4. The van der Waals surface area contributed by atoms with Gasteiger partial charge in [0.25, 0.3) is 5.91 Å². The molecule has 7 nitrogen and oxygen atoms in total. The van der Waals surface area contributed by atoms with Gasteiger partial charge in [-0.05, 0) is 44.2 Å². The number of carbonyl (C=O) groups is 1. The number of aryl methyl sites for hydroxylation is 2. The van der Waals surface area contributed by atoms with Gasteiger partial charge in [-0.3, -0.25) is 10.1 Å². The molecular formula is C21H17F2N5O2S. The molecule has 0 saturated heterocycles. The van der Waals surface area contributed by atoms with Crippen molar-refractivity contribution in [3.63, 3.8) is 0 Å². The van der Waals surface area contributed by atoms with Crippen LogP contribution in [0.2, 0.25) is 0 Å². The Hall–Kier alpha value is -3.66. The summed E-state index contributed by atoms with van der Waals surface area (Å²) < 4.78 is 31.5. The third-order valence-electron chi connectivity index (χ3n) is 4.34. The molecule has 0 fully saturated rings. The second kappa shape index (κ2) is 8.60. The fourth-order valence-electron chi connectivity index (χ4n) is 3.01. The van der Waals surface area contributed by atoms with E-state index in [1.165, 1.54) is 23.6 Å². The molecule has 0 saturated carbocycles. The number of anilines is 1. The number of benzene rings is 1. The zero-order valence-corrected chi connectivity index (χ0v) is 17.4. The van der Waals surface area contributed by atoms with Crippen molar-refractivity contribution in [2.24, 2.45) is 0 Å². The normalized spacial score (nSPS) is 11.0. The maximum absolute atomic E-state index is 12.6. The summed E-state index contributed by atoms with van der Waals surface area (Å²) >= 11 is 1.18. The average Bonchev–Trinajstić information content (AvgIpc) is 3.33. The molecule has 0 spiro atoms. The van der Waals surface area contributed by atoms with E-state index in [4.69, 9.17) is 0 Å². The van der Waals surface area contributed by atoms with Crippen molar-refractivity contribution in [2.45, 2.75) is 20.5 Å². The Bertz CT molecular complexity index is 1220. The van der Waals surface area contributed by atoms with Gasteiger partial charge in [0.1, 0.15) is 5.75 Å². The van der Waals surface area contributed by atoms with E-state index in [0.29, 0.717) is 27.8 Å². The molecule has 0 bridgehead atoms. The lowest BCUT2D eigenvalue weighted by molar-refractivity contribution is -0.0494. The van der Waals surface area contributed by atoms with E-state index in [9.17, 15) is 13.6 Å². The van der Waals surface area contributed by atoms with Crippen LogP contribution in [0.4, 0.5) is 13.9 Å². The van der Waals surface area contributed by atoms with Crippen LogP contribution in [0.25, 0.3) is 17.1 Å². The highest BCUT2D eigenvalue weighted by Crippen LogP contribution is 2.33. The Morgan fingerprint density at radius 2 is 2.00 bits per heavy atom. The standard InChI is InChI=1S/C21H17F2N5O2S/c1-12-9-13(2)28(27-12)18-8-7-14(10-24-18)19(29)26-21-25-16(11-31-21)15-5-3-4-6-17(15)30-20(22)23/h3-11,20H,1-2H3,(H,25,26,29). The summed E-state index contributed by atoms with van der Waals surface area (Å²) in [6.45, 7) is 0.877. The van der Waals surface area contributed by atoms with E-state index in [-0.39, 0.29) is 11.7 Å². The maximum atomic E-state index is 12.6. The summed E-state index contributed by atoms with van der Waals surface area (Å²) in [7, 11) is 0. The SMILES string of the molecule is Cc1cc(C)n(-c2ccc(C(=O)Nc3nc(-c4ccccc4OC(F)F)cs3)cn2)n1. The first-order valence-corrected chi connectivity index (χ1v) is 10.1. The minimum atomic E-state index is -2.94. The van der Waals surface area contributed by atoms with Crippen LogP contribution in [0.15, 0.2) is 54.0 Å². The van der Waals surface area contributed by atoms with Crippen LogP contribution in [0.3, 0.4) is 0 Å². The molecule has 1 aromatic carbocycles. The van der Waals surface area contributed by atoms with Crippen molar-refractivity contribution in [1.82, 2.24) is 19.7 Å². The number of nitrogens with one attached hydrogen (secondary N) is 1. The third kappa shape index (κ3) is 4.58. The Balaban J connectivity index is 1.49. The van der Waals surface area contributed by atoms with Gasteiger partial charge < -0.3 is 4.74 Å². The van der Waals surface area contributed by atoms with E-state index in [2.05, 4.69) is 25.1 Å². The van der Waals surface area contributed by atoms with Crippen molar-refractivity contribution >= 4 is 22.4 Å². The predicted molar refractivity (Wildman–Crippen MR) is 113 cm³/mol. The number of rotatable bonds is 6. The summed E-state index contributed by atoms with van der Waals surface area (Å²) in [6, 6.07) is 11.6. The monoisotopic (exact) mass is 441 g/mol.